The summed E-state index contributed by atoms with van der Waals surface area (Å²) in [7, 11) is 1.69. The standard InChI is InChI=1S/C17H27NO2/c1-4-10-18-16-9-8-13(2)11-17(16)20-15-7-5-6-14(12-15)19-3/h5-7,12-13,16-18H,4,8-11H2,1-3H3. The summed E-state index contributed by atoms with van der Waals surface area (Å²) in [6, 6.07) is 8.38. The van der Waals surface area contributed by atoms with E-state index in [0.29, 0.717) is 6.04 Å². The first kappa shape index (κ1) is 15.2. The lowest BCUT2D eigenvalue weighted by atomic mass is 9.85. The zero-order valence-electron chi connectivity index (χ0n) is 12.9. The van der Waals surface area contributed by atoms with Gasteiger partial charge in [0.1, 0.15) is 17.6 Å². The molecule has 0 aromatic heterocycles. The quantitative estimate of drug-likeness (QED) is 0.861. The predicted octanol–water partition coefficient (Wildman–Crippen LogP) is 3.63. The SMILES string of the molecule is CCCNC1CCC(C)CC1Oc1cccc(OC)c1. The van der Waals surface area contributed by atoms with Crippen molar-refractivity contribution in [2.45, 2.75) is 51.7 Å². The molecule has 1 saturated carbocycles. The van der Waals surface area contributed by atoms with Gasteiger partial charge in [0.15, 0.2) is 0 Å². The third-order valence-electron chi connectivity index (χ3n) is 4.04. The molecule has 1 N–H and O–H groups in total. The van der Waals surface area contributed by atoms with Crippen LogP contribution in [0.4, 0.5) is 0 Å². The Balaban J connectivity index is 2.02. The average Bonchev–Trinajstić information content (AvgIpc) is 2.47. The topological polar surface area (TPSA) is 30.5 Å². The Hall–Kier alpha value is -1.22. The van der Waals surface area contributed by atoms with Crippen LogP contribution in [0.3, 0.4) is 0 Å². The van der Waals surface area contributed by atoms with Gasteiger partial charge < -0.3 is 14.8 Å². The molecule has 0 amide bonds. The summed E-state index contributed by atoms with van der Waals surface area (Å²) < 4.78 is 11.5. The highest BCUT2D eigenvalue weighted by Gasteiger charge is 2.29. The second kappa shape index (κ2) is 7.53. The van der Waals surface area contributed by atoms with E-state index >= 15 is 0 Å². The lowest BCUT2D eigenvalue weighted by Crippen LogP contribution is -2.47. The zero-order valence-corrected chi connectivity index (χ0v) is 12.9. The molecule has 2 rings (SSSR count). The highest BCUT2D eigenvalue weighted by molar-refractivity contribution is 5.33. The van der Waals surface area contributed by atoms with Crippen molar-refractivity contribution in [2.75, 3.05) is 13.7 Å². The highest BCUT2D eigenvalue weighted by Crippen LogP contribution is 2.29. The Bertz CT molecular complexity index is 406. The Morgan fingerprint density at radius 3 is 2.80 bits per heavy atom. The van der Waals surface area contributed by atoms with Crippen LogP contribution in [0.5, 0.6) is 11.5 Å². The van der Waals surface area contributed by atoms with Crippen molar-refractivity contribution in [3.8, 4) is 11.5 Å². The third-order valence-corrected chi connectivity index (χ3v) is 4.04. The molecule has 1 aliphatic carbocycles. The summed E-state index contributed by atoms with van der Waals surface area (Å²) in [5, 5.41) is 3.63. The van der Waals surface area contributed by atoms with Crippen molar-refractivity contribution in [3.63, 3.8) is 0 Å². The van der Waals surface area contributed by atoms with Gasteiger partial charge in [-0.1, -0.05) is 19.9 Å². The number of methoxy groups -OCH3 is 1. The number of hydrogen-bond donors (Lipinski definition) is 1. The van der Waals surface area contributed by atoms with Gasteiger partial charge in [-0.15, -0.1) is 0 Å². The van der Waals surface area contributed by atoms with Gasteiger partial charge in [-0.05, 0) is 50.3 Å². The number of ether oxygens (including phenoxy) is 2. The van der Waals surface area contributed by atoms with Crippen LogP contribution in [-0.2, 0) is 0 Å². The Morgan fingerprint density at radius 1 is 1.25 bits per heavy atom. The van der Waals surface area contributed by atoms with E-state index in [1.165, 1.54) is 12.8 Å². The molecule has 3 heteroatoms. The smallest absolute Gasteiger partial charge is 0.123 e. The van der Waals surface area contributed by atoms with E-state index < -0.39 is 0 Å². The lowest BCUT2D eigenvalue weighted by molar-refractivity contribution is 0.0907. The summed E-state index contributed by atoms with van der Waals surface area (Å²) in [5.74, 6) is 2.50. The van der Waals surface area contributed by atoms with Gasteiger partial charge in [-0.25, -0.2) is 0 Å². The normalized spacial score (nSPS) is 26.2. The second-order valence-corrected chi connectivity index (χ2v) is 5.81. The van der Waals surface area contributed by atoms with Crippen LogP contribution in [-0.4, -0.2) is 25.8 Å². The van der Waals surface area contributed by atoms with Gasteiger partial charge in [-0.3, -0.25) is 0 Å². The Labute approximate surface area is 122 Å². The molecule has 112 valence electrons. The van der Waals surface area contributed by atoms with Gasteiger partial charge in [0.2, 0.25) is 0 Å². The Morgan fingerprint density at radius 2 is 2.05 bits per heavy atom. The number of hydrogen-bond acceptors (Lipinski definition) is 3. The summed E-state index contributed by atoms with van der Waals surface area (Å²) in [5.41, 5.74) is 0. The van der Waals surface area contributed by atoms with E-state index in [1.54, 1.807) is 7.11 Å². The van der Waals surface area contributed by atoms with Crippen LogP contribution in [0.2, 0.25) is 0 Å². The van der Waals surface area contributed by atoms with Crippen molar-refractivity contribution in [2.24, 2.45) is 5.92 Å². The van der Waals surface area contributed by atoms with Crippen LogP contribution in [0.1, 0.15) is 39.5 Å². The second-order valence-electron chi connectivity index (χ2n) is 5.81. The fraction of sp³-hybridized carbons (Fsp3) is 0.647. The van der Waals surface area contributed by atoms with Gasteiger partial charge >= 0.3 is 0 Å². The van der Waals surface area contributed by atoms with E-state index in [1.807, 2.05) is 24.3 Å². The third kappa shape index (κ3) is 4.14. The van der Waals surface area contributed by atoms with Gasteiger partial charge in [0.25, 0.3) is 0 Å². The maximum Gasteiger partial charge on any atom is 0.123 e. The average molecular weight is 277 g/mol. The zero-order chi connectivity index (χ0) is 14.4. The van der Waals surface area contributed by atoms with Gasteiger partial charge in [0, 0.05) is 12.1 Å². The van der Waals surface area contributed by atoms with Crippen molar-refractivity contribution < 1.29 is 9.47 Å². The summed E-state index contributed by atoms with van der Waals surface area (Å²) in [4.78, 5) is 0. The number of nitrogens with one attached hydrogen (secondary N) is 1. The summed E-state index contributed by atoms with van der Waals surface area (Å²) >= 11 is 0. The molecule has 1 aromatic rings. The molecule has 1 fully saturated rings. The lowest BCUT2D eigenvalue weighted by Gasteiger charge is -2.35. The van der Waals surface area contributed by atoms with Crippen LogP contribution >= 0.6 is 0 Å². The minimum atomic E-state index is 0.261. The molecule has 0 aliphatic heterocycles. The molecule has 0 spiro atoms. The molecule has 0 bridgehead atoms. The number of benzene rings is 1. The first-order valence-electron chi connectivity index (χ1n) is 7.77. The first-order chi connectivity index (χ1) is 9.72. The molecule has 1 aliphatic rings. The van der Waals surface area contributed by atoms with Crippen molar-refractivity contribution in [3.05, 3.63) is 24.3 Å². The van der Waals surface area contributed by atoms with Crippen LogP contribution < -0.4 is 14.8 Å². The van der Waals surface area contributed by atoms with Crippen molar-refractivity contribution in [1.29, 1.82) is 0 Å². The molecule has 3 nitrogen and oxygen atoms in total. The highest BCUT2D eigenvalue weighted by atomic mass is 16.5. The van der Waals surface area contributed by atoms with Gasteiger partial charge in [-0.2, -0.15) is 0 Å². The monoisotopic (exact) mass is 277 g/mol. The molecule has 20 heavy (non-hydrogen) atoms. The first-order valence-corrected chi connectivity index (χ1v) is 7.77. The maximum atomic E-state index is 6.24. The van der Waals surface area contributed by atoms with E-state index in [4.69, 9.17) is 9.47 Å². The Kier molecular flexibility index (Phi) is 5.72. The molecular formula is C17H27NO2. The molecular weight excluding hydrogens is 250 g/mol. The van der Waals surface area contributed by atoms with Crippen LogP contribution in [0, 0.1) is 5.92 Å². The predicted molar refractivity (Wildman–Crippen MR) is 82.5 cm³/mol. The van der Waals surface area contributed by atoms with E-state index in [0.717, 1.165) is 36.8 Å². The minimum Gasteiger partial charge on any atom is -0.497 e. The van der Waals surface area contributed by atoms with Crippen molar-refractivity contribution >= 4 is 0 Å². The molecule has 0 radical (unpaired) electrons. The van der Waals surface area contributed by atoms with E-state index in [-0.39, 0.29) is 6.10 Å². The largest absolute Gasteiger partial charge is 0.497 e. The maximum absolute atomic E-state index is 6.24. The van der Waals surface area contributed by atoms with E-state index in [2.05, 4.69) is 19.2 Å². The van der Waals surface area contributed by atoms with Crippen LogP contribution in [0.25, 0.3) is 0 Å². The van der Waals surface area contributed by atoms with Crippen LogP contribution in [0.15, 0.2) is 24.3 Å². The summed E-state index contributed by atoms with van der Waals surface area (Å²) in [6.07, 6.45) is 5.04. The molecule has 1 aromatic carbocycles. The number of rotatable bonds is 6. The molecule has 3 unspecified atom stereocenters. The van der Waals surface area contributed by atoms with Gasteiger partial charge in [0.05, 0.1) is 7.11 Å². The van der Waals surface area contributed by atoms with Crippen molar-refractivity contribution in [1.82, 2.24) is 5.32 Å². The van der Waals surface area contributed by atoms with E-state index in [9.17, 15) is 0 Å². The minimum absolute atomic E-state index is 0.261. The molecule has 0 heterocycles. The fourth-order valence-electron chi connectivity index (χ4n) is 2.87. The summed E-state index contributed by atoms with van der Waals surface area (Å²) in [6.45, 7) is 5.59. The molecule has 0 saturated heterocycles. The molecule has 3 atom stereocenters. The fourth-order valence-corrected chi connectivity index (χ4v) is 2.87.